The van der Waals surface area contributed by atoms with Crippen molar-refractivity contribution in [1.82, 2.24) is 0 Å². The highest BCUT2D eigenvalue weighted by molar-refractivity contribution is 6.32. The van der Waals surface area contributed by atoms with Gasteiger partial charge >= 0.3 is 0 Å². The Kier molecular flexibility index (Phi) is 4.26. The highest BCUT2D eigenvalue weighted by atomic mass is 35.5. The molecule has 0 bridgehead atoms. The molecule has 2 aromatic carbocycles. The Hall–Kier alpha value is -1.48. The van der Waals surface area contributed by atoms with Gasteiger partial charge in [-0.3, -0.25) is 0 Å². The topological polar surface area (TPSA) is 9.23 Å². The smallest absolute Gasteiger partial charge is 0.122 e. The summed E-state index contributed by atoms with van der Waals surface area (Å²) in [5.41, 5.74) is 1.20. The molecule has 0 spiro atoms. The zero-order valence-electron chi connectivity index (χ0n) is 9.70. The van der Waals surface area contributed by atoms with Crippen LogP contribution >= 0.6 is 11.6 Å². The van der Waals surface area contributed by atoms with E-state index in [-0.39, 0.29) is 5.46 Å². The molecule has 0 saturated carbocycles. The number of benzene rings is 2. The van der Waals surface area contributed by atoms with Gasteiger partial charge in [0, 0.05) is 17.5 Å². The van der Waals surface area contributed by atoms with Crippen LogP contribution in [0.3, 0.4) is 0 Å². The molecule has 0 saturated heterocycles. The molecule has 0 aliphatic rings. The Morgan fingerprint density at radius 1 is 1.17 bits per heavy atom. The molecule has 0 heterocycles. The maximum Gasteiger partial charge on any atom is 0.122 e. The van der Waals surface area contributed by atoms with Crippen molar-refractivity contribution in [3.63, 3.8) is 0 Å². The summed E-state index contributed by atoms with van der Waals surface area (Å²) in [6, 6.07) is 12.0. The highest BCUT2D eigenvalue weighted by Crippen LogP contribution is 2.13. The quantitative estimate of drug-likeness (QED) is 0.768. The fourth-order valence-electron chi connectivity index (χ4n) is 1.58. The van der Waals surface area contributed by atoms with Crippen molar-refractivity contribution >= 4 is 24.9 Å². The van der Waals surface area contributed by atoms with Crippen LogP contribution in [0.4, 0.5) is 4.39 Å². The number of ether oxygens (including phenoxy) is 1. The molecule has 2 rings (SSSR count). The van der Waals surface area contributed by atoms with E-state index in [9.17, 15) is 4.39 Å². The van der Waals surface area contributed by atoms with Crippen molar-refractivity contribution in [2.45, 2.75) is 6.42 Å². The summed E-state index contributed by atoms with van der Waals surface area (Å²) in [4.78, 5) is 0. The maximum absolute atomic E-state index is 13.2. The zero-order chi connectivity index (χ0) is 13.0. The van der Waals surface area contributed by atoms with Gasteiger partial charge in [0.1, 0.15) is 19.4 Å². The van der Waals surface area contributed by atoms with Gasteiger partial charge < -0.3 is 4.74 Å². The lowest BCUT2D eigenvalue weighted by Crippen LogP contribution is -2.09. The van der Waals surface area contributed by atoms with Crippen LogP contribution in [0.15, 0.2) is 42.5 Å². The van der Waals surface area contributed by atoms with Gasteiger partial charge in [-0.2, -0.15) is 0 Å². The summed E-state index contributed by atoms with van der Waals surface area (Å²) >= 11 is 5.87. The molecular weight excluding hydrogens is 249 g/mol. The van der Waals surface area contributed by atoms with Gasteiger partial charge in [0.25, 0.3) is 0 Å². The Bertz CT molecular complexity index is 545. The summed E-state index contributed by atoms with van der Waals surface area (Å²) in [5.74, 6) is 0.0129. The molecule has 1 nitrogen and oxygen atoms in total. The van der Waals surface area contributed by atoms with Crippen LogP contribution in [-0.4, -0.2) is 14.5 Å². The third-order valence-corrected chi connectivity index (χ3v) is 2.76. The van der Waals surface area contributed by atoms with E-state index in [0.29, 0.717) is 23.8 Å². The SMILES string of the molecule is [B]c1ccc(OCCc2cccc(Cl)c2)cc1F. The van der Waals surface area contributed by atoms with E-state index in [4.69, 9.17) is 24.2 Å². The van der Waals surface area contributed by atoms with Gasteiger partial charge in [-0.15, -0.1) is 0 Å². The summed E-state index contributed by atoms with van der Waals surface area (Å²) in [7, 11) is 5.38. The number of halogens is 2. The molecule has 0 fully saturated rings. The standard InChI is InChI=1S/C14H11BClFO/c15-13-5-4-12(9-14(13)17)18-7-6-10-2-1-3-11(16)8-10/h1-5,8-9H,6-7H2. The molecular formula is C14H11BClFO. The molecule has 0 unspecified atom stereocenters. The zero-order valence-corrected chi connectivity index (χ0v) is 10.5. The monoisotopic (exact) mass is 260 g/mol. The lowest BCUT2D eigenvalue weighted by atomic mass is 9.96. The third kappa shape index (κ3) is 3.51. The minimum absolute atomic E-state index is 0.122. The third-order valence-electron chi connectivity index (χ3n) is 2.52. The predicted molar refractivity (Wildman–Crippen MR) is 72.4 cm³/mol. The van der Waals surface area contributed by atoms with Crippen molar-refractivity contribution < 1.29 is 9.13 Å². The Labute approximate surface area is 112 Å². The molecule has 0 aromatic heterocycles. The molecule has 90 valence electrons. The normalized spacial score (nSPS) is 10.3. The van der Waals surface area contributed by atoms with E-state index in [1.165, 1.54) is 12.1 Å². The first kappa shape index (κ1) is 13.0. The largest absolute Gasteiger partial charge is 0.493 e. The first-order valence-electron chi connectivity index (χ1n) is 5.57. The van der Waals surface area contributed by atoms with Crippen LogP contribution < -0.4 is 10.2 Å². The van der Waals surface area contributed by atoms with Gasteiger partial charge in [-0.25, -0.2) is 4.39 Å². The summed E-state index contributed by atoms with van der Waals surface area (Å²) in [6.07, 6.45) is 0.715. The lowest BCUT2D eigenvalue weighted by Gasteiger charge is -2.07. The molecule has 4 heteroatoms. The van der Waals surface area contributed by atoms with E-state index in [1.807, 2.05) is 24.3 Å². The Morgan fingerprint density at radius 2 is 2.00 bits per heavy atom. The molecule has 0 aliphatic heterocycles. The number of hydrogen-bond acceptors (Lipinski definition) is 1. The summed E-state index contributed by atoms with van der Waals surface area (Å²) < 4.78 is 18.6. The van der Waals surface area contributed by atoms with Crippen molar-refractivity contribution in [3.05, 3.63) is 58.9 Å². The average Bonchev–Trinajstić information content (AvgIpc) is 2.34. The maximum atomic E-state index is 13.2. The van der Waals surface area contributed by atoms with Gasteiger partial charge in [-0.1, -0.05) is 35.3 Å². The fourth-order valence-corrected chi connectivity index (χ4v) is 1.79. The predicted octanol–water partition coefficient (Wildman–Crippen LogP) is 2.89. The molecule has 0 amide bonds. The van der Waals surface area contributed by atoms with Crippen LogP contribution in [0.25, 0.3) is 0 Å². The second-order valence-electron chi connectivity index (χ2n) is 3.91. The summed E-state index contributed by atoms with van der Waals surface area (Å²) in [5, 5.41) is 0.700. The van der Waals surface area contributed by atoms with Crippen LogP contribution in [0.5, 0.6) is 5.75 Å². The van der Waals surface area contributed by atoms with Gasteiger partial charge in [0.2, 0.25) is 0 Å². The Morgan fingerprint density at radius 3 is 2.72 bits per heavy atom. The van der Waals surface area contributed by atoms with E-state index in [1.54, 1.807) is 6.07 Å². The average molecular weight is 261 g/mol. The molecule has 2 aromatic rings. The van der Waals surface area contributed by atoms with Gasteiger partial charge in [0.05, 0.1) is 6.61 Å². The lowest BCUT2D eigenvalue weighted by molar-refractivity contribution is 0.320. The molecule has 0 atom stereocenters. The van der Waals surface area contributed by atoms with Crippen LogP contribution in [0.1, 0.15) is 5.56 Å². The number of rotatable bonds is 4. The first-order valence-corrected chi connectivity index (χ1v) is 5.95. The number of hydrogen-bond donors (Lipinski definition) is 0. The van der Waals surface area contributed by atoms with E-state index < -0.39 is 5.82 Å². The molecule has 2 radical (unpaired) electrons. The first-order chi connectivity index (χ1) is 8.65. The molecule has 18 heavy (non-hydrogen) atoms. The molecule has 0 N–H and O–H groups in total. The van der Waals surface area contributed by atoms with Crippen molar-refractivity contribution in [2.75, 3.05) is 6.61 Å². The van der Waals surface area contributed by atoms with E-state index >= 15 is 0 Å². The van der Waals surface area contributed by atoms with E-state index in [0.717, 1.165) is 5.56 Å². The second kappa shape index (κ2) is 5.92. The minimum Gasteiger partial charge on any atom is -0.493 e. The van der Waals surface area contributed by atoms with Crippen molar-refractivity contribution in [2.24, 2.45) is 0 Å². The second-order valence-corrected chi connectivity index (χ2v) is 4.35. The van der Waals surface area contributed by atoms with Gasteiger partial charge in [0.15, 0.2) is 0 Å². The van der Waals surface area contributed by atoms with Gasteiger partial charge in [-0.05, 0) is 23.8 Å². The summed E-state index contributed by atoms with van der Waals surface area (Å²) in [6.45, 7) is 0.462. The van der Waals surface area contributed by atoms with E-state index in [2.05, 4.69) is 0 Å². The van der Waals surface area contributed by atoms with Crippen molar-refractivity contribution in [3.8, 4) is 5.75 Å². The highest BCUT2D eigenvalue weighted by Gasteiger charge is 2.00. The fraction of sp³-hybridized carbons (Fsp3) is 0.143. The van der Waals surface area contributed by atoms with Crippen LogP contribution in [-0.2, 0) is 6.42 Å². The Balaban J connectivity index is 1.90. The minimum atomic E-state index is -0.463. The van der Waals surface area contributed by atoms with Crippen LogP contribution in [0.2, 0.25) is 5.02 Å². The van der Waals surface area contributed by atoms with Crippen LogP contribution in [0, 0.1) is 5.82 Å². The van der Waals surface area contributed by atoms with Crippen molar-refractivity contribution in [1.29, 1.82) is 0 Å². The molecule has 0 aliphatic carbocycles.